The van der Waals surface area contributed by atoms with Crippen LogP contribution in [0, 0.1) is 11.3 Å². The highest BCUT2D eigenvalue weighted by atomic mass is 35.5. The molecule has 0 radical (unpaired) electrons. The van der Waals surface area contributed by atoms with Gasteiger partial charge in [-0.05, 0) is 36.5 Å². The zero-order valence-electron chi connectivity index (χ0n) is 15.7. The van der Waals surface area contributed by atoms with E-state index < -0.39 is 0 Å². The van der Waals surface area contributed by atoms with Crippen molar-refractivity contribution in [2.45, 2.75) is 45.4 Å². The number of nitrogens with zero attached hydrogens (tertiary/aromatic N) is 3. The van der Waals surface area contributed by atoms with E-state index in [1.807, 2.05) is 0 Å². The molecule has 1 fully saturated rings. The Hall–Kier alpha value is -1.63. The van der Waals surface area contributed by atoms with Gasteiger partial charge in [0.25, 0.3) is 5.91 Å². The molecule has 1 N–H and O–H groups in total. The van der Waals surface area contributed by atoms with E-state index in [4.69, 9.17) is 27.9 Å². The zero-order chi connectivity index (χ0) is 19.6. The first-order valence-electron chi connectivity index (χ1n) is 8.93. The Labute approximate surface area is 169 Å². The number of amides is 1. The van der Waals surface area contributed by atoms with Gasteiger partial charge in [-0.1, -0.05) is 37.0 Å². The van der Waals surface area contributed by atoms with E-state index in [9.17, 15) is 4.79 Å². The van der Waals surface area contributed by atoms with E-state index in [0.29, 0.717) is 22.2 Å². The third-order valence-electron chi connectivity index (χ3n) is 5.39. The molecule has 1 aliphatic rings. The van der Waals surface area contributed by atoms with E-state index in [2.05, 4.69) is 29.2 Å². The number of hydrogen-bond donors (Lipinski definition) is 1. The summed E-state index contributed by atoms with van der Waals surface area (Å²) in [7, 11) is 1.72. The second-order valence-electron chi connectivity index (χ2n) is 7.67. The van der Waals surface area contributed by atoms with Crippen LogP contribution in [0.15, 0.2) is 30.9 Å². The Morgan fingerprint density at radius 1 is 1.41 bits per heavy atom. The van der Waals surface area contributed by atoms with Gasteiger partial charge < -0.3 is 10.1 Å². The third-order valence-corrected chi connectivity index (χ3v) is 5.93. The van der Waals surface area contributed by atoms with Gasteiger partial charge in [0.2, 0.25) is 0 Å². The van der Waals surface area contributed by atoms with Crippen molar-refractivity contribution in [2.24, 2.45) is 11.3 Å². The number of methoxy groups -OCH3 is 1. The molecule has 1 amide bonds. The van der Waals surface area contributed by atoms with E-state index in [-0.39, 0.29) is 29.4 Å². The second kappa shape index (κ2) is 8.17. The molecule has 0 bridgehead atoms. The van der Waals surface area contributed by atoms with Crippen molar-refractivity contribution in [3.8, 4) is 0 Å². The molecule has 1 aliphatic carbocycles. The van der Waals surface area contributed by atoms with Gasteiger partial charge in [-0.3, -0.25) is 9.48 Å². The van der Waals surface area contributed by atoms with Gasteiger partial charge in [0.15, 0.2) is 0 Å². The van der Waals surface area contributed by atoms with Gasteiger partial charge in [-0.25, -0.2) is 4.98 Å². The average molecular weight is 411 g/mol. The van der Waals surface area contributed by atoms with Gasteiger partial charge in [-0.2, -0.15) is 5.10 Å². The molecular formula is C19H24Cl2N4O2. The topological polar surface area (TPSA) is 69.0 Å². The van der Waals surface area contributed by atoms with Gasteiger partial charge in [0, 0.05) is 30.6 Å². The minimum absolute atomic E-state index is 0.000850. The molecule has 146 valence electrons. The largest absolute Gasteiger partial charge is 0.380 e. The summed E-state index contributed by atoms with van der Waals surface area (Å²) < 4.78 is 7.65. The summed E-state index contributed by atoms with van der Waals surface area (Å²) in [6.45, 7) is 5.01. The van der Waals surface area contributed by atoms with Crippen LogP contribution in [-0.4, -0.2) is 39.9 Å². The fraction of sp³-hybridized carbons (Fsp3) is 0.526. The van der Waals surface area contributed by atoms with Crippen LogP contribution in [0.25, 0.3) is 0 Å². The van der Waals surface area contributed by atoms with Crippen LogP contribution in [0.4, 0.5) is 0 Å². The number of hydrogen-bond acceptors (Lipinski definition) is 4. The molecule has 3 rings (SSSR count). The van der Waals surface area contributed by atoms with E-state index in [0.717, 1.165) is 12.8 Å². The number of nitrogens with one attached hydrogen (secondary N) is 1. The van der Waals surface area contributed by atoms with Crippen molar-refractivity contribution in [1.29, 1.82) is 0 Å². The van der Waals surface area contributed by atoms with Gasteiger partial charge >= 0.3 is 0 Å². The predicted molar refractivity (Wildman–Crippen MR) is 105 cm³/mol. The summed E-state index contributed by atoms with van der Waals surface area (Å²) in [6, 6.07) is 4.82. The fourth-order valence-corrected chi connectivity index (χ4v) is 4.53. The molecule has 3 atom stereocenters. The van der Waals surface area contributed by atoms with E-state index in [1.54, 1.807) is 36.3 Å². The Balaban J connectivity index is 1.83. The quantitative estimate of drug-likeness (QED) is 0.812. The smallest absolute Gasteiger partial charge is 0.253 e. The maximum Gasteiger partial charge on any atom is 0.253 e. The Morgan fingerprint density at radius 3 is 2.81 bits per heavy atom. The normalized spacial score (nSPS) is 24.6. The van der Waals surface area contributed by atoms with Crippen molar-refractivity contribution >= 4 is 29.1 Å². The fourth-order valence-electron chi connectivity index (χ4n) is 4.03. The standard InChI is InChI=1S/C19H24Cl2N4O2/c1-19(2)7-6-16(14(17(19)27-3)9-25-11-22-10-23-25)24-18(26)13-5-4-12(20)8-15(13)21/h4-5,8,10-11,14,16-17H,6-7,9H2,1-3H3,(H,24,26)/t14-,16+,17+/m0/s1. The number of carbonyl (C=O) groups is 1. The first-order valence-corrected chi connectivity index (χ1v) is 9.68. The van der Waals surface area contributed by atoms with Crippen LogP contribution >= 0.6 is 23.2 Å². The molecule has 1 saturated carbocycles. The van der Waals surface area contributed by atoms with Gasteiger partial charge in [0.1, 0.15) is 12.7 Å². The molecule has 0 saturated heterocycles. The highest BCUT2D eigenvalue weighted by Crippen LogP contribution is 2.41. The molecule has 8 heteroatoms. The highest BCUT2D eigenvalue weighted by Gasteiger charge is 2.45. The molecule has 1 aromatic heterocycles. The summed E-state index contributed by atoms with van der Waals surface area (Å²) in [4.78, 5) is 16.9. The minimum atomic E-state index is -0.209. The first-order chi connectivity index (χ1) is 12.8. The number of halogens is 2. The van der Waals surface area contributed by atoms with Crippen LogP contribution in [0.2, 0.25) is 10.0 Å². The minimum Gasteiger partial charge on any atom is -0.380 e. The number of benzene rings is 1. The van der Waals surface area contributed by atoms with Crippen molar-refractivity contribution in [1.82, 2.24) is 20.1 Å². The molecule has 6 nitrogen and oxygen atoms in total. The first kappa shape index (κ1) is 20.1. The summed E-state index contributed by atoms with van der Waals surface area (Å²) in [5.41, 5.74) is 0.415. The third kappa shape index (κ3) is 4.45. The molecule has 27 heavy (non-hydrogen) atoms. The Morgan fingerprint density at radius 2 is 2.19 bits per heavy atom. The predicted octanol–water partition coefficient (Wildman–Crippen LogP) is 3.83. The van der Waals surface area contributed by atoms with Crippen molar-refractivity contribution < 1.29 is 9.53 Å². The molecule has 1 aromatic carbocycles. The van der Waals surface area contributed by atoms with E-state index >= 15 is 0 Å². The highest BCUT2D eigenvalue weighted by molar-refractivity contribution is 6.36. The zero-order valence-corrected chi connectivity index (χ0v) is 17.2. The van der Waals surface area contributed by atoms with E-state index in [1.165, 1.54) is 6.33 Å². The number of ether oxygens (including phenoxy) is 1. The molecule has 1 heterocycles. The molecule has 0 unspecified atom stereocenters. The van der Waals surface area contributed by atoms with Crippen LogP contribution in [0.3, 0.4) is 0 Å². The second-order valence-corrected chi connectivity index (χ2v) is 8.51. The summed E-state index contributed by atoms with van der Waals surface area (Å²) in [5, 5.41) is 8.22. The van der Waals surface area contributed by atoms with Crippen LogP contribution in [0.1, 0.15) is 37.0 Å². The lowest BCUT2D eigenvalue weighted by molar-refractivity contribution is -0.0792. The lowest BCUT2D eigenvalue weighted by atomic mass is 9.67. The van der Waals surface area contributed by atoms with Gasteiger partial charge in [0.05, 0.1) is 16.7 Å². The van der Waals surface area contributed by atoms with Crippen LogP contribution in [0.5, 0.6) is 0 Å². The number of aromatic nitrogens is 3. The number of rotatable bonds is 5. The molecule has 0 aliphatic heterocycles. The van der Waals surface area contributed by atoms with Crippen molar-refractivity contribution in [3.05, 3.63) is 46.5 Å². The average Bonchev–Trinajstić information content (AvgIpc) is 3.10. The van der Waals surface area contributed by atoms with Crippen molar-refractivity contribution in [2.75, 3.05) is 7.11 Å². The summed E-state index contributed by atoms with van der Waals surface area (Å²) in [6.07, 6.45) is 4.96. The maximum absolute atomic E-state index is 12.8. The number of carbonyl (C=O) groups excluding carboxylic acids is 1. The summed E-state index contributed by atoms with van der Waals surface area (Å²) >= 11 is 12.1. The summed E-state index contributed by atoms with van der Waals surface area (Å²) in [5.74, 6) is -0.157. The lowest BCUT2D eigenvalue weighted by Crippen LogP contribution is -2.55. The molecule has 2 aromatic rings. The van der Waals surface area contributed by atoms with Crippen LogP contribution < -0.4 is 5.32 Å². The van der Waals surface area contributed by atoms with Crippen molar-refractivity contribution in [3.63, 3.8) is 0 Å². The Kier molecular flexibility index (Phi) is 6.08. The SMILES string of the molecule is CO[C@@H]1[C@@H](Cn2cncn2)[C@H](NC(=O)c2ccc(Cl)cc2Cl)CCC1(C)C. The maximum atomic E-state index is 12.8. The monoisotopic (exact) mass is 410 g/mol. The van der Waals surface area contributed by atoms with Crippen LogP contribution in [-0.2, 0) is 11.3 Å². The Bertz CT molecular complexity index is 795. The lowest BCUT2D eigenvalue weighted by Gasteiger charge is -2.47. The molecule has 0 spiro atoms. The molecular weight excluding hydrogens is 387 g/mol. The van der Waals surface area contributed by atoms with Gasteiger partial charge in [-0.15, -0.1) is 0 Å².